The van der Waals surface area contributed by atoms with Crippen molar-refractivity contribution in [2.45, 2.75) is 26.2 Å². The Morgan fingerprint density at radius 3 is 2.88 bits per heavy atom. The van der Waals surface area contributed by atoms with Crippen molar-refractivity contribution in [1.82, 2.24) is 10.2 Å². The van der Waals surface area contributed by atoms with E-state index in [2.05, 4.69) is 10.2 Å². The van der Waals surface area contributed by atoms with Crippen LogP contribution in [0.3, 0.4) is 0 Å². The summed E-state index contributed by atoms with van der Waals surface area (Å²) in [6.45, 7) is 1.77. The summed E-state index contributed by atoms with van der Waals surface area (Å²) < 4.78 is 18.2. The fraction of sp³-hybridized carbons (Fsp3) is 0.333. The lowest BCUT2D eigenvalue weighted by molar-refractivity contribution is 0.474. The molecule has 1 aromatic heterocycles. The molecule has 2 aromatic rings. The van der Waals surface area contributed by atoms with Crippen molar-refractivity contribution in [3.8, 4) is 0 Å². The van der Waals surface area contributed by atoms with Gasteiger partial charge >= 0.3 is 0 Å². The number of H-pyrrole nitrogens is 1. The Morgan fingerprint density at radius 2 is 2.24 bits per heavy atom. The lowest BCUT2D eigenvalue weighted by Crippen LogP contribution is -1.92. The molecule has 0 fully saturated rings. The van der Waals surface area contributed by atoms with Crippen molar-refractivity contribution in [2.24, 2.45) is 0 Å². The maximum atomic E-state index is 13.0. The number of benzene rings is 1. The summed E-state index contributed by atoms with van der Waals surface area (Å²) in [4.78, 5) is 0.303. The van der Waals surface area contributed by atoms with Crippen molar-refractivity contribution < 1.29 is 8.81 Å². The van der Waals surface area contributed by atoms with Gasteiger partial charge in [-0.25, -0.2) is 9.49 Å². The zero-order chi connectivity index (χ0) is 12.3. The normalized spacial score (nSPS) is 10.7. The number of rotatable bonds is 4. The lowest BCUT2D eigenvalue weighted by Gasteiger charge is -2.02. The van der Waals surface area contributed by atoms with Crippen molar-refractivity contribution in [3.63, 3.8) is 0 Å². The second kappa shape index (κ2) is 5.23. The predicted octanol–water partition coefficient (Wildman–Crippen LogP) is 3.36. The molecule has 90 valence electrons. The van der Waals surface area contributed by atoms with Gasteiger partial charge in [0.25, 0.3) is 4.84 Å². The van der Waals surface area contributed by atoms with Crippen LogP contribution in [0.15, 0.2) is 22.6 Å². The standard InChI is InChI=1S/C12H13FN2OS/c1-8-7-9(5-6-10(8)13)3-2-4-11-14-15-12(17)16-11/h5-7H,2-4H2,1H3,(H,15,17). The fourth-order valence-corrected chi connectivity index (χ4v) is 1.82. The summed E-state index contributed by atoms with van der Waals surface area (Å²) in [7, 11) is 0. The molecular formula is C12H13FN2OS. The Morgan fingerprint density at radius 1 is 1.41 bits per heavy atom. The first kappa shape index (κ1) is 12.0. The number of hydrogen-bond acceptors (Lipinski definition) is 3. The molecule has 0 atom stereocenters. The molecule has 17 heavy (non-hydrogen) atoms. The highest BCUT2D eigenvalue weighted by molar-refractivity contribution is 7.71. The number of aromatic nitrogens is 2. The van der Waals surface area contributed by atoms with Gasteiger partial charge in [-0.05, 0) is 49.2 Å². The first-order valence-electron chi connectivity index (χ1n) is 5.44. The maximum absolute atomic E-state index is 13.0. The molecule has 1 heterocycles. The van der Waals surface area contributed by atoms with E-state index in [0.29, 0.717) is 16.3 Å². The summed E-state index contributed by atoms with van der Waals surface area (Å²) >= 11 is 4.78. The molecule has 0 radical (unpaired) electrons. The monoisotopic (exact) mass is 252 g/mol. The number of nitrogens with one attached hydrogen (secondary N) is 1. The highest BCUT2D eigenvalue weighted by Crippen LogP contribution is 2.12. The van der Waals surface area contributed by atoms with Gasteiger partial charge in [0.2, 0.25) is 5.89 Å². The van der Waals surface area contributed by atoms with Gasteiger partial charge < -0.3 is 4.42 Å². The van der Waals surface area contributed by atoms with Crippen LogP contribution in [0, 0.1) is 17.6 Å². The second-order valence-electron chi connectivity index (χ2n) is 3.94. The highest BCUT2D eigenvalue weighted by atomic mass is 32.1. The summed E-state index contributed by atoms with van der Waals surface area (Å²) in [5.41, 5.74) is 1.80. The SMILES string of the molecule is Cc1cc(CCCc2n[nH]c(=S)o2)ccc1F. The molecule has 1 N–H and O–H groups in total. The van der Waals surface area contributed by atoms with E-state index in [1.165, 1.54) is 6.07 Å². The minimum absolute atomic E-state index is 0.160. The summed E-state index contributed by atoms with van der Waals surface area (Å²) in [5.74, 6) is 0.459. The number of nitrogens with zero attached hydrogens (tertiary/aromatic N) is 1. The molecule has 0 spiro atoms. The Hall–Kier alpha value is -1.49. The Balaban J connectivity index is 1.89. The lowest BCUT2D eigenvalue weighted by atomic mass is 10.1. The summed E-state index contributed by atoms with van der Waals surface area (Å²) in [6, 6.07) is 5.18. The minimum Gasteiger partial charge on any atom is -0.414 e. The van der Waals surface area contributed by atoms with E-state index in [1.54, 1.807) is 6.92 Å². The van der Waals surface area contributed by atoms with Crippen LogP contribution < -0.4 is 0 Å². The van der Waals surface area contributed by atoms with Crippen LogP contribution in [0.5, 0.6) is 0 Å². The average Bonchev–Trinajstić information content (AvgIpc) is 2.70. The fourth-order valence-electron chi connectivity index (χ4n) is 1.67. The zero-order valence-electron chi connectivity index (χ0n) is 9.50. The average molecular weight is 252 g/mol. The van der Waals surface area contributed by atoms with E-state index in [1.807, 2.05) is 12.1 Å². The number of aryl methyl sites for hydroxylation is 3. The van der Waals surface area contributed by atoms with E-state index in [9.17, 15) is 4.39 Å². The number of aromatic amines is 1. The smallest absolute Gasteiger partial charge is 0.284 e. The van der Waals surface area contributed by atoms with Gasteiger partial charge in [0.15, 0.2) is 0 Å². The molecule has 0 saturated carbocycles. The Kier molecular flexibility index (Phi) is 3.68. The minimum atomic E-state index is -0.160. The van der Waals surface area contributed by atoms with Crippen molar-refractivity contribution in [1.29, 1.82) is 0 Å². The van der Waals surface area contributed by atoms with Gasteiger partial charge in [-0.2, -0.15) is 0 Å². The summed E-state index contributed by atoms with van der Waals surface area (Å²) in [5, 5.41) is 6.51. The van der Waals surface area contributed by atoms with Crippen LogP contribution in [-0.4, -0.2) is 10.2 Å². The van der Waals surface area contributed by atoms with Crippen molar-refractivity contribution in [2.75, 3.05) is 0 Å². The highest BCUT2D eigenvalue weighted by Gasteiger charge is 2.02. The molecule has 0 aliphatic rings. The first-order valence-corrected chi connectivity index (χ1v) is 5.85. The third kappa shape index (κ3) is 3.23. The van der Waals surface area contributed by atoms with E-state index >= 15 is 0 Å². The van der Waals surface area contributed by atoms with Crippen LogP contribution in [0.25, 0.3) is 0 Å². The third-order valence-electron chi connectivity index (χ3n) is 2.56. The molecule has 5 heteroatoms. The van der Waals surface area contributed by atoms with Gasteiger partial charge in [-0.1, -0.05) is 12.1 Å². The quantitative estimate of drug-likeness (QED) is 0.848. The van der Waals surface area contributed by atoms with Gasteiger partial charge in [0, 0.05) is 6.42 Å². The molecule has 2 rings (SSSR count). The molecule has 3 nitrogen and oxygen atoms in total. The molecule has 0 amide bonds. The van der Waals surface area contributed by atoms with Crippen LogP contribution >= 0.6 is 12.2 Å². The molecule has 0 bridgehead atoms. The predicted molar refractivity (Wildman–Crippen MR) is 64.8 cm³/mol. The Labute approximate surface area is 104 Å². The van der Waals surface area contributed by atoms with Crippen LogP contribution in [-0.2, 0) is 12.8 Å². The molecule has 0 saturated heterocycles. The van der Waals surface area contributed by atoms with Gasteiger partial charge in [-0.3, -0.25) is 0 Å². The molecule has 0 unspecified atom stereocenters. The third-order valence-corrected chi connectivity index (χ3v) is 2.74. The van der Waals surface area contributed by atoms with E-state index in [-0.39, 0.29) is 5.82 Å². The maximum Gasteiger partial charge on any atom is 0.284 e. The second-order valence-corrected chi connectivity index (χ2v) is 4.31. The summed E-state index contributed by atoms with van der Waals surface area (Å²) in [6.07, 6.45) is 2.49. The van der Waals surface area contributed by atoms with Gasteiger partial charge in [0.05, 0.1) is 0 Å². The van der Waals surface area contributed by atoms with Crippen LogP contribution in [0.2, 0.25) is 0 Å². The van der Waals surface area contributed by atoms with Crippen LogP contribution in [0.1, 0.15) is 23.4 Å². The topological polar surface area (TPSA) is 41.8 Å². The number of hydrogen-bond donors (Lipinski definition) is 1. The molecule has 1 aromatic carbocycles. The molecule has 0 aliphatic heterocycles. The largest absolute Gasteiger partial charge is 0.414 e. The first-order chi connectivity index (χ1) is 8.15. The Bertz CT molecular complexity index is 562. The number of halogens is 1. The van der Waals surface area contributed by atoms with E-state index in [4.69, 9.17) is 16.6 Å². The van der Waals surface area contributed by atoms with Crippen molar-refractivity contribution in [3.05, 3.63) is 45.9 Å². The van der Waals surface area contributed by atoms with E-state index in [0.717, 1.165) is 24.8 Å². The molecular weight excluding hydrogens is 239 g/mol. The zero-order valence-corrected chi connectivity index (χ0v) is 10.3. The molecule has 0 aliphatic carbocycles. The van der Waals surface area contributed by atoms with Crippen LogP contribution in [0.4, 0.5) is 4.39 Å². The van der Waals surface area contributed by atoms with Crippen molar-refractivity contribution >= 4 is 12.2 Å². The van der Waals surface area contributed by atoms with Gasteiger partial charge in [0.1, 0.15) is 5.82 Å². The van der Waals surface area contributed by atoms with E-state index < -0.39 is 0 Å². The van der Waals surface area contributed by atoms with Gasteiger partial charge in [-0.15, -0.1) is 5.10 Å².